The van der Waals surface area contributed by atoms with Crippen molar-refractivity contribution in [1.29, 1.82) is 0 Å². The van der Waals surface area contributed by atoms with Gasteiger partial charge in [0.05, 0.1) is 25.6 Å². The lowest BCUT2D eigenvalue weighted by atomic mass is 9.91. The molecule has 0 spiro atoms. The van der Waals surface area contributed by atoms with E-state index in [1.54, 1.807) is 25.6 Å². The molecular weight excluding hydrogens is 378 g/mol. The van der Waals surface area contributed by atoms with Gasteiger partial charge in [-0.1, -0.05) is 6.07 Å². The van der Waals surface area contributed by atoms with Crippen molar-refractivity contribution in [1.82, 2.24) is 10.6 Å². The fraction of sp³-hybridized carbons (Fsp3) is 0.400. The van der Waals surface area contributed by atoms with E-state index in [9.17, 15) is 9.59 Å². The van der Waals surface area contributed by atoms with E-state index in [4.69, 9.17) is 9.47 Å². The number of hydrogen-bond acceptors (Lipinski definition) is 5. The summed E-state index contributed by atoms with van der Waals surface area (Å²) in [4.78, 5) is 26.4. The molecule has 150 valence electrons. The van der Waals surface area contributed by atoms with E-state index < -0.39 is 6.03 Å². The molecule has 7 nitrogen and oxygen atoms in total. The molecule has 2 heterocycles. The van der Waals surface area contributed by atoms with Gasteiger partial charge in [0.2, 0.25) is 0 Å². The van der Waals surface area contributed by atoms with Gasteiger partial charge in [-0.05, 0) is 36.1 Å². The highest BCUT2D eigenvalue weighted by molar-refractivity contribution is 7.10. The minimum atomic E-state index is -0.455. The van der Waals surface area contributed by atoms with Crippen LogP contribution in [-0.4, -0.2) is 45.8 Å². The van der Waals surface area contributed by atoms with Gasteiger partial charge in [0.25, 0.3) is 5.91 Å². The molecule has 1 unspecified atom stereocenters. The van der Waals surface area contributed by atoms with E-state index >= 15 is 0 Å². The minimum Gasteiger partial charge on any atom is -0.493 e. The molecule has 1 aromatic carbocycles. The first kappa shape index (κ1) is 20.2. The second-order valence-corrected chi connectivity index (χ2v) is 7.58. The highest BCUT2D eigenvalue weighted by Gasteiger charge is 2.35. The molecule has 3 rings (SSSR count). The summed E-state index contributed by atoms with van der Waals surface area (Å²) in [5, 5.41) is 7.03. The number of urea groups is 1. The van der Waals surface area contributed by atoms with Crippen LogP contribution >= 0.6 is 11.3 Å². The molecule has 0 saturated carbocycles. The first-order valence-electron chi connectivity index (χ1n) is 9.27. The number of hydrogen-bond donors (Lipinski definition) is 3. The quantitative estimate of drug-likeness (QED) is 0.675. The number of methoxy groups -OCH3 is 2. The lowest BCUT2D eigenvalue weighted by molar-refractivity contribution is -0.919. The maximum atomic E-state index is 12.4. The van der Waals surface area contributed by atoms with Crippen molar-refractivity contribution >= 4 is 23.3 Å². The summed E-state index contributed by atoms with van der Waals surface area (Å²) in [5.74, 6) is 1.10. The second-order valence-electron chi connectivity index (χ2n) is 6.60. The number of rotatable bonds is 6. The predicted octanol–water partition coefficient (Wildman–Crippen LogP) is 1.14. The van der Waals surface area contributed by atoms with Gasteiger partial charge < -0.3 is 19.7 Å². The Hall–Kier alpha value is -2.58. The fourth-order valence-corrected chi connectivity index (χ4v) is 4.56. The normalized spacial score (nSPS) is 18.1. The molecule has 8 heteroatoms. The fourth-order valence-electron chi connectivity index (χ4n) is 3.66. The minimum absolute atomic E-state index is 0.00328. The van der Waals surface area contributed by atoms with Crippen LogP contribution in [-0.2, 0) is 11.2 Å². The lowest BCUT2D eigenvalue weighted by Gasteiger charge is -2.34. The van der Waals surface area contributed by atoms with Crippen molar-refractivity contribution in [3.8, 4) is 11.5 Å². The lowest BCUT2D eigenvalue weighted by Crippen LogP contribution is -3.14. The topological polar surface area (TPSA) is 81.1 Å². The molecule has 28 heavy (non-hydrogen) atoms. The van der Waals surface area contributed by atoms with Crippen LogP contribution in [0.25, 0.3) is 0 Å². The number of imide groups is 1. The van der Waals surface area contributed by atoms with Crippen LogP contribution in [0, 0.1) is 0 Å². The summed E-state index contributed by atoms with van der Waals surface area (Å²) in [5.41, 5.74) is 2.33. The Morgan fingerprint density at radius 1 is 1.25 bits per heavy atom. The second kappa shape index (κ2) is 9.07. The smallest absolute Gasteiger partial charge is 0.321 e. The number of carbonyl (C=O) groups is 2. The Morgan fingerprint density at radius 3 is 2.64 bits per heavy atom. The van der Waals surface area contributed by atoms with Crippen molar-refractivity contribution in [2.24, 2.45) is 0 Å². The molecule has 3 N–H and O–H groups in total. The Balaban J connectivity index is 1.91. The molecule has 0 bridgehead atoms. The van der Waals surface area contributed by atoms with Crippen LogP contribution in [0.3, 0.4) is 0 Å². The van der Waals surface area contributed by atoms with Gasteiger partial charge in [-0.2, -0.15) is 0 Å². The zero-order chi connectivity index (χ0) is 20.1. The van der Waals surface area contributed by atoms with Gasteiger partial charge in [-0.25, -0.2) is 4.79 Å². The van der Waals surface area contributed by atoms with Gasteiger partial charge in [-0.15, -0.1) is 11.3 Å². The van der Waals surface area contributed by atoms with Crippen LogP contribution in [0.4, 0.5) is 4.79 Å². The van der Waals surface area contributed by atoms with Gasteiger partial charge >= 0.3 is 6.03 Å². The average Bonchev–Trinajstić information content (AvgIpc) is 3.20. The first-order valence-corrected chi connectivity index (χ1v) is 10.2. The summed E-state index contributed by atoms with van der Waals surface area (Å²) in [6, 6.07) is 7.69. The molecule has 1 aromatic heterocycles. The van der Waals surface area contributed by atoms with Gasteiger partial charge in [-0.3, -0.25) is 10.1 Å². The van der Waals surface area contributed by atoms with Gasteiger partial charge in [0.15, 0.2) is 18.0 Å². The van der Waals surface area contributed by atoms with Crippen LogP contribution in [0.5, 0.6) is 11.5 Å². The molecule has 2 aromatic rings. The highest BCUT2D eigenvalue weighted by atomic mass is 32.1. The van der Waals surface area contributed by atoms with Gasteiger partial charge in [0.1, 0.15) is 6.04 Å². The zero-order valence-electron chi connectivity index (χ0n) is 16.3. The number of amides is 3. The van der Waals surface area contributed by atoms with Crippen LogP contribution in [0.15, 0.2) is 29.6 Å². The summed E-state index contributed by atoms with van der Waals surface area (Å²) < 4.78 is 10.9. The number of nitrogens with one attached hydrogen (secondary N) is 3. The summed E-state index contributed by atoms with van der Waals surface area (Å²) in [6.07, 6.45) is 0.821. The first-order chi connectivity index (χ1) is 13.6. The number of fused-ring (bicyclic) bond motifs is 1. The average molecular weight is 405 g/mol. The van der Waals surface area contributed by atoms with E-state index in [1.807, 2.05) is 30.5 Å². The van der Waals surface area contributed by atoms with Crippen LogP contribution < -0.4 is 25.0 Å². The third-order valence-electron chi connectivity index (χ3n) is 4.89. The predicted molar refractivity (Wildman–Crippen MR) is 107 cm³/mol. The molecule has 0 saturated heterocycles. The Labute approximate surface area is 168 Å². The maximum Gasteiger partial charge on any atom is 0.321 e. The molecule has 1 aliphatic rings. The number of carbonyl (C=O) groups excluding carboxylic acids is 2. The molecule has 0 radical (unpaired) electrons. The maximum absolute atomic E-state index is 12.4. The molecule has 0 fully saturated rings. The Kier molecular flexibility index (Phi) is 6.53. The highest BCUT2D eigenvalue weighted by Crippen LogP contribution is 2.36. The number of ether oxygens (including phenoxy) is 2. The largest absolute Gasteiger partial charge is 0.493 e. The van der Waals surface area contributed by atoms with Crippen molar-refractivity contribution in [2.45, 2.75) is 19.4 Å². The van der Waals surface area contributed by atoms with Crippen molar-refractivity contribution in [2.75, 3.05) is 33.9 Å². The van der Waals surface area contributed by atoms with E-state index in [2.05, 4.69) is 16.7 Å². The number of thiophene rings is 1. The molecule has 2 atom stereocenters. The standard InChI is InChI=1S/C20H25N3O4S/c1-4-21-20(25)22-18(24)12-23-8-7-13-10-15(26-2)16(27-3)11-14(13)19(23)17-6-5-9-28-17/h5-6,9-11,19H,4,7-8,12H2,1-3H3,(H2,21,22,24,25)/p+1/t19-/m0/s1. The van der Waals surface area contributed by atoms with E-state index in [-0.39, 0.29) is 18.5 Å². The number of benzene rings is 1. The molecule has 0 aliphatic carbocycles. The van der Waals surface area contributed by atoms with Crippen molar-refractivity contribution < 1.29 is 24.0 Å². The summed E-state index contributed by atoms with van der Waals surface area (Å²) in [7, 11) is 3.25. The third-order valence-corrected chi connectivity index (χ3v) is 5.82. The summed E-state index contributed by atoms with van der Waals surface area (Å²) >= 11 is 1.67. The van der Waals surface area contributed by atoms with E-state index in [0.717, 1.165) is 23.4 Å². The van der Waals surface area contributed by atoms with E-state index in [1.165, 1.54) is 10.4 Å². The van der Waals surface area contributed by atoms with Crippen LogP contribution in [0.1, 0.15) is 29.0 Å². The monoisotopic (exact) mass is 404 g/mol. The number of quaternary nitrogens is 1. The van der Waals surface area contributed by atoms with Crippen LogP contribution in [0.2, 0.25) is 0 Å². The van der Waals surface area contributed by atoms with Crippen molar-refractivity contribution in [3.05, 3.63) is 45.6 Å². The SMILES string of the molecule is CCNC(=O)NC(=O)C[NH+]1CCc2cc(OC)c(OC)cc2[C@H]1c1cccs1. The zero-order valence-corrected chi connectivity index (χ0v) is 17.2. The molecular formula is C20H26N3O4S+. The van der Waals surface area contributed by atoms with Crippen molar-refractivity contribution in [3.63, 3.8) is 0 Å². The summed E-state index contributed by atoms with van der Waals surface area (Å²) in [6.45, 7) is 3.29. The molecule has 1 aliphatic heterocycles. The third kappa shape index (κ3) is 4.28. The van der Waals surface area contributed by atoms with E-state index in [0.29, 0.717) is 18.0 Å². The van der Waals surface area contributed by atoms with Gasteiger partial charge in [0, 0.05) is 18.5 Å². The Morgan fingerprint density at radius 2 is 2.00 bits per heavy atom. The Bertz CT molecular complexity index is 838. The molecule has 3 amide bonds.